The van der Waals surface area contributed by atoms with Crippen LogP contribution in [0.2, 0.25) is 5.02 Å². The molecule has 2 aromatic carbocycles. The van der Waals surface area contributed by atoms with E-state index < -0.39 is 0 Å². The van der Waals surface area contributed by atoms with Gasteiger partial charge in [-0.2, -0.15) is 0 Å². The third-order valence-electron chi connectivity index (χ3n) is 7.60. The fourth-order valence-electron chi connectivity index (χ4n) is 7.48. The topological polar surface area (TPSA) is 21.3 Å². The van der Waals surface area contributed by atoms with E-state index in [-0.39, 0.29) is 5.82 Å². The van der Waals surface area contributed by atoms with Crippen LogP contribution in [0, 0.1) is 22.6 Å². The van der Waals surface area contributed by atoms with Crippen LogP contribution in [0.1, 0.15) is 63.5 Å². The summed E-state index contributed by atoms with van der Waals surface area (Å²) in [5, 5.41) is 4.39. The highest BCUT2D eigenvalue weighted by molar-refractivity contribution is 6.31. The molecular weight excluding hydrogens is 397 g/mol. The third-order valence-corrected chi connectivity index (χ3v) is 7.95. The maximum Gasteiger partial charge on any atom is 0.124 e. The van der Waals surface area contributed by atoms with Crippen LogP contribution in [0.25, 0.3) is 0 Å². The molecule has 4 aliphatic rings. The molecular formula is C26H31ClFNO. The van der Waals surface area contributed by atoms with Gasteiger partial charge in [0.15, 0.2) is 0 Å². The quantitative estimate of drug-likeness (QED) is 0.541. The van der Waals surface area contributed by atoms with Crippen molar-refractivity contribution in [3.8, 4) is 5.75 Å². The molecule has 4 bridgehead atoms. The largest absolute Gasteiger partial charge is 0.489 e. The lowest BCUT2D eigenvalue weighted by Crippen LogP contribution is -2.63. The van der Waals surface area contributed by atoms with E-state index in [2.05, 4.69) is 31.3 Å². The number of rotatable bonds is 6. The zero-order chi connectivity index (χ0) is 21.0. The average molecular weight is 428 g/mol. The van der Waals surface area contributed by atoms with Crippen LogP contribution in [0.15, 0.2) is 42.5 Å². The fraction of sp³-hybridized carbons (Fsp3) is 0.538. The molecule has 0 heterocycles. The molecule has 2 nitrogen and oxygen atoms in total. The van der Waals surface area contributed by atoms with Crippen molar-refractivity contribution < 1.29 is 9.13 Å². The van der Waals surface area contributed by atoms with Gasteiger partial charge in [0.05, 0.1) is 5.02 Å². The fourth-order valence-corrected chi connectivity index (χ4v) is 7.70. The van der Waals surface area contributed by atoms with E-state index >= 15 is 0 Å². The normalized spacial score (nSPS) is 34.3. The highest BCUT2D eigenvalue weighted by Gasteiger charge is 2.59. The van der Waals surface area contributed by atoms with E-state index in [9.17, 15) is 4.39 Å². The number of halogens is 2. The highest BCUT2D eigenvalue weighted by Crippen LogP contribution is 2.66. The lowest BCUT2D eigenvalue weighted by molar-refractivity contribution is -0.118. The second kappa shape index (κ2) is 7.24. The van der Waals surface area contributed by atoms with Gasteiger partial charge in [-0.15, -0.1) is 0 Å². The number of benzene rings is 2. The Morgan fingerprint density at radius 1 is 1.03 bits per heavy atom. The molecule has 6 rings (SSSR count). The second-order valence-electron chi connectivity index (χ2n) is 10.9. The van der Waals surface area contributed by atoms with Crippen LogP contribution in [-0.2, 0) is 13.2 Å². The summed E-state index contributed by atoms with van der Waals surface area (Å²) in [6.45, 7) is 6.23. The van der Waals surface area contributed by atoms with E-state index in [1.54, 1.807) is 6.07 Å². The minimum Gasteiger partial charge on any atom is -0.489 e. The Balaban J connectivity index is 1.24. The zero-order valence-electron chi connectivity index (χ0n) is 17.9. The summed E-state index contributed by atoms with van der Waals surface area (Å²) >= 11 is 6.12. The van der Waals surface area contributed by atoms with E-state index in [4.69, 9.17) is 16.3 Å². The number of hydrogen-bond donors (Lipinski definition) is 1. The van der Waals surface area contributed by atoms with Crippen molar-refractivity contribution in [2.24, 2.45) is 16.7 Å². The van der Waals surface area contributed by atoms with Gasteiger partial charge in [0.2, 0.25) is 0 Å². The molecule has 0 saturated heterocycles. The van der Waals surface area contributed by atoms with Crippen molar-refractivity contribution in [2.45, 2.75) is 71.1 Å². The van der Waals surface area contributed by atoms with Gasteiger partial charge in [-0.1, -0.05) is 43.6 Å². The van der Waals surface area contributed by atoms with E-state index in [0.717, 1.165) is 23.8 Å². The van der Waals surface area contributed by atoms with Gasteiger partial charge in [0, 0.05) is 17.6 Å². The Bertz CT molecular complexity index is 942. The molecule has 0 spiro atoms. The van der Waals surface area contributed by atoms with Crippen molar-refractivity contribution >= 4 is 11.6 Å². The minimum absolute atomic E-state index is 0.293. The van der Waals surface area contributed by atoms with Gasteiger partial charge in [-0.25, -0.2) is 4.39 Å². The standard InChI is InChI=1S/C26H31ClFNO/c1-24-10-19-11-25(2,15-24)17-26(12-19,16-24)29-13-18-4-3-5-22(8-18)30-14-20-6-7-21(28)9-23(20)27/h3-9,19,29H,10-17H2,1-2H3. The van der Waals surface area contributed by atoms with Crippen LogP contribution >= 0.6 is 11.6 Å². The molecule has 1 N–H and O–H groups in total. The molecule has 0 radical (unpaired) electrons. The molecule has 2 aromatic rings. The summed E-state index contributed by atoms with van der Waals surface area (Å²) in [4.78, 5) is 0. The van der Waals surface area contributed by atoms with Gasteiger partial charge in [-0.05, 0) is 85.1 Å². The Kier molecular flexibility index (Phi) is 4.91. The van der Waals surface area contributed by atoms with Crippen molar-refractivity contribution in [2.75, 3.05) is 0 Å². The van der Waals surface area contributed by atoms with Crippen molar-refractivity contribution in [3.05, 3.63) is 64.4 Å². The summed E-state index contributed by atoms with van der Waals surface area (Å²) in [7, 11) is 0. The van der Waals surface area contributed by atoms with Crippen molar-refractivity contribution in [3.63, 3.8) is 0 Å². The van der Waals surface area contributed by atoms with Gasteiger partial charge in [-0.3, -0.25) is 0 Å². The summed E-state index contributed by atoms with van der Waals surface area (Å²) in [6.07, 6.45) is 8.19. The van der Waals surface area contributed by atoms with Crippen LogP contribution in [0.4, 0.5) is 4.39 Å². The van der Waals surface area contributed by atoms with Crippen LogP contribution in [-0.4, -0.2) is 5.54 Å². The average Bonchev–Trinajstić information content (AvgIpc) is 2.63. The highest BCUT2D eigenvalue weighted by atomic mass is 35.5. The number of ether oxygens (including phenoxy) is 1. The first-order valence-corrected chi connectivity index (χ1v) is 11.5. The van der Waals surface area contributed by atoms with Crippen molar-refractivity contribution in [1.82, 2.24) is 5.32 Å². The zero-order valence-corrected chi connectivity index (χ0v) is 18.7. The maximum absolute atomic E-state index is 13.2. The summed E-state index contributed by atoms with van der Waals surface area (Å²) in [5.74, 6) is 1.38. The molecule has 30 heavy (non-hydrogen) atoms. The molecule has 0 aliphatic heterocycles. The van der Waals surface area contributed by atoms with E-state index in [1.165, 1.54) is 56.2 Å². The minimum atomic E-state index is -0.329. The molecule has 2 unspecified atom stereocenters. The predicted molar refractivity (Wildman–Crippen MR) is 119 cm³/mol. The first kappa shape index (κ1) is 20.3. The lowest BCUT2D eigenvalue weighted by Gasteiger charge is -2.65. The summed E-state index contributed by atoms with van der Waals surface area (Å²) in [6, 6.07) is 12.7. The first-order valence-electron chi connectivity index (χ1n) is 11.1. The van der Waals surface area contributed by atoms with Crippen LogP contribution in [0.3, 0.4) is 0 Å². The second-order valence-corrected chi connectivity index (χ2v) is 11.3. The first-order chi connectivity index (χ1) is 14.2. The maximum atomic E-state index is 13.2. The number of hydrogen-bond acceptors (Lipinski definition) is 2. The molecule has 0 aromatic heterocycles. The molecule has 2 atom stereocenters. The van der Waals surface area contributed by atoms with Crippen LogP contribution < -0.4 is 10.1 Å². The van der Waals surface area contributed by atoms with Gasteiger partial charge < -0.3 is 10.1 Å². The molecule has 0 amide bonds. The smallest absolute Gasteiger partial charge is 0.124 e. The molecule has 4 aliphatic carbocycles. The number of nitrogens with one attached hydrogen (secondary N) is 1. The molecule has 4 saturated carbocycles. The lowest BCUT2D eigenvalue weighted by atomic mass is 9.43. The monoisotopic (exact) mass is 427 g/mol. The third kappa shape index (κ3) is 3.99. The van der Waals surface area contributed by atoms with E-state index in [0.29, 0.717) is 28.0 Å². The van der Waals surface area contributed by atoms with E-state index in [1.807, 2.05) is 12.1 Å². The van der Waals surface area contributed by atoms with Gasteiger partial charge >= 0.3 is 0 Å². The van der Waals surface area contributed by atoms with Gasteiger partial charge in [0.25, 0.3) is 0 Å². The Morgan fingerprint density at radius 2 is 1.80 bits per heavy atom. The van der Waals surface area contributed by atoms with Crippen molar-refractivity contribution in [1.29, 1.82) is 0 Å². The molecule has 4 fully saturated rings. The molecule has 4 heteroatoms. The van der Waals surface area contributed by atoms with Crippen LogP contribution in [0.5, 0.6) is 5.75 Å². The Morgan fingerprint density at radius 3 is 2.50 bits per heavy atom. The summed E-state index contributed by atoms with van der Waals surface area (Å²) < 4.78 is 19.2. The Labute approximate surface area is 184 Å². The summed E-state index contributed by atoms with van der Waals surface area (Å²) in [5.41, 5.74) is 3.35. The molecule has 160 valence electrons. The van der Waals surface area contributed by atoms with Gasteiger partial charge in [0.1, 0.15) is 18.2 Å². The predicted octanol–water partition coefficient (Wildman–Crippen LogP) is 6.90. The Hall–Kier alpha value is -1.58. The SMILES string of the molecule is CC12CC3CC(C)(C1)CC(NCc1cccc(OCc4ccc(F)cc4Cl)c1)(C3)C2.